The number of halogens is 2. The van der Waals surface area contributed by atoms with Gasteiger partial charge >= 0.3 is 5.97 Å². The molecule has 2 rings (SSSR count). The Kier molecular flexibility index (Phi) is 4.11. The van der Waals surface area contributed by atoms with Gasteiger partial charge in [-0.15, -0.1) is 0 Å². The number of carbonyl (C=O) groups excluding carboxylic acids is 1. The largest absolute Gasteiger partial charge is 0.503 e. The lowest BCUT2D eigenvalue weighted by molar-refractivity contribution is -0.143. The zero-order valence-electron chi connectivity index (χ0n) is 11.3. The van der Waals surface area contributed by atoms with Gasteiger partial charge in [-0.1, -0.05) is 6.92 Å². The summed E-state index contributed by atoms with van der Waals surface area (Å²) >= 11 is 0. The van der Waals surface area contributed by atoms with Crippen molar-refractivity contribution in [3.8, 4) is 5.75 Å². The minimum atomic E-state index is -1.22. The Bertz CT molecular complexity index is 567. The summed E-state index contributed by atoms with van der Waals surface area (Å²) in [6.45, 7) is 2.14. The van der Waals surface area contributed by atoms with E-state index in [4.69, 9.17) is 10.2 Å². The molecule has 1 saturated heterocycles. The number of piperidine rings is 1. The van der Waals surface area contributed by atoms with E-state index in [-0.39, 0.29) is 18.0 Å². The van der Waals surface area contributed by atoms with E-state index in [1.807, 2.05) is 6.92 Å². The molecule has 114 valence electrons. The van der Waals surface area contributed by atoms with Crippen LogP contribution in [0.5, 0.6) is 5.75 Å². The fourth-order valence-electron chi connectivity index (χ4n) is 2.57. The Morgan fingerprint density at radius 2 is 1.81 bits per heavy atom. The summed E-state index contributed by atoms with van der Waals surface area (Å²) in [6, 6.07) is 1.49. The monoisotopic (exact) mass is 299 g/mol. The van der Waals surface area contributed by atoms with Crippen LogP contribution in [0.4, 0.5) is 8.78 Å². The van der Waals surface area contributed by atoms with Crippen molar-refractivity contribution in [1.29, 1.82) is 0 Å². The number of carboxylic acids is 1. The number of phenolic OH excluding ortho intramolecular Hbond substituents is 1. The van der Waals surface area contributed by atoms with Crippen LogP contribution in [0.25, 0.3) is 0 Å². The number of nitrogens with zero attached hydrogens (tertiary/aromatic N) is 1. The number of hydrogen-bond acceptors (Lipinski definition) is 3. The molecule has 1 heterocycles. The third kappa shape index (κ3) is 3.12. The molecule has 0 aliphatic carbocycles. The summed E-state index contributed by atoms with van der Waals surface area (Å²) in [7, 11) is 0. The SMILES string of the molecule is CC1CC(C(=O)O)CN(C(=O)c2cc(F)c(O)c(F)c2)C1. The molecule has 1 aliphatic rings. The van der Waals surface area contributed by atoms with Gasteiger partial charge in [0.1, 0.15) is 0 Å². The standard InChI is InChI=1S/C14H15F2NO4/c1-7-2-9(14(20)21)6-17(5-7)13(19)8-3-10(15)12(18)11(16)4-8/h3-4,7,9,18H,2,5-6H2,1H3,(H,20,21). The van der Waals surface area contributed by atoms with Gasteiger partial charge in [-0.2, -0.15) is 0 Å². The van der Waals surface area contributed by atoms with Crippen molar-refractivity contribution in [3.63, 3.8) is 0 Å². The third-order valence-corrected chi connectivity index (χ3v) is 3.56. The Balaban J connectivity index is 2.25. The molecule has 7 heteroatoms. The van der Waals surface area contributed by atoms with Crippen molar-refractivity contribution >= 4 is 11.9 Å². The smallest absolute Gasteiger partial charge is 0.308 e. The fraction of sp³-hybridized carbons (Fsp3) is 0.429. The van der Waals surface area contributed by atoms with Gasteiger partial charge in [0.2, 0.25) is 0 Å². The Morgan fingerprint density at radius 1 is 1.24 bits per heavy atom. The van der Waals surface area contributed by atoms with Gasteiger partial charge in [-0.05, 0) is 24.5 Å². The number of aromatic hydroxyl groups is 1. The van der Waals surface area contributed by atoms with Crippen LogP contribution in [0.15, 0.2) is 12.1 Å². The van der Waals surface area contributed by atoms with Gasteiger partial charge in [0.25, 0.3) is 5.91 Å². The van der Waals surface area contributed by atoms with Crippen LogP contribution in [-0.4, -0.2) is 40.1 Å². The van der Waals surface area contributed by atoms with E-state index in [1.54, 1.807) is 0 Å². The normalized spacial score (nSPS) is 22.1. The van der Waals surface area contributed by atoms with E-state index in [2.05, 4.69) is 0 Å². The number of rotatable bonds is 2. The van der Waals surface area contributed by atoms with Crippen molar-refractivity contribution in [3.05, 3.63) is 29.3 Å². The fourth-order valence-corrected chi connectivity index (χ4v) is 2.57. The molecule has 5 nitrogen and oxygen atoms in total. The topological polar surface area (TPSA) is 77.8 Å². The van der Waals surface area contributed by atoms with E-state index < -0.39 is 35.2 Å². The van der Waals surface area contributed by atoms with Crippen LogP contribution >= 0.6 is 0 Å². The summed E-state index contributed by atoms with van der Waals surface area (Å²) in [5, 5.41) is 18.1. The van der Waals surface area contributed by atoms with Crippen LogP contribution in [0, 0.1) is 23.5 Å². The third-order valence-electron chi connectivity index (χ3n) is 3.56. The highest BCUT2D eigenvalue weighted by Crippen LogP contribution is 2.26. The molecular formula is C14H15F2NO4. The molecule has 0 bridgehead atoms. The number of phenols is 1. The van der Waals surface area contributed by atoms with Gasteiger partial charge in [0.15, 0.2) is 17.4 Å². The second-order valence-corrected chi connectivity index (χ2v) is 5.37. The Hall–Kier alpha value is -2.18. The van der Waals surface area contributed by atoms with E-state index in [9.17, 15) is 18.4 Å². The molecule has 1 aromatic rings. The van der Waals surface area contributed by atoms with Crippen molar-refractivity contribution in [2.24, 2.45) is 11.8 Å². The molecule has 0 aromatic heterocycles. The highest BCUT2D eigenvalue weighted by molar-refractivity contribution is 5.94. The number of aliphatic carboxylic acids is 1. The zero-order chi connectivity index (χ0) is 15.7. The first-order chi connectivity index (χ1) is 9.79. The molecule has 1 aromatic carbocycles. The highest BCUT2D eigenvalue weighted by Gasteiger charge is 2.32. The lowest BCUT2D eigenvalue weighted by atomic mass is 9.90. The van der Waals surface area contributed by atoms with Crippen LogP contribution in [-0.2, 0) is 4.79 Å². The maximum atomic E-state index is 13.3. The quantitative estimate of drug-likeness (QED) is 0.873. The minimum absolute atomic E-state index is 0.00260. The van der Waals surface area contributed by atoms with Gasteiger partial charge in [0.05, 0.1) is 5.92 Å². The first-order valence-electron chi connectivity index (χ1n) is 6.49. The highest BCUT2D eigenvalue weighted by atomic mass is 19.1. The molecule has 2 unspecified atom stereocenters. The van der Waals surface area contributed by atoms with Crippen molar-refractivity contribution in [2.45, 2.75) is 13.3 Å². The van der Waals surface area contributed by atoms with Crippen molar-refractivity contribution in [1.82, 2.24) is 4.90 Å². The number of likely N-dealkylation sites (tertiary alicyclic amines) is 1. The van der Waals surface area contributed by atoms with Gasteiger partial charge in [0, 0.05) is 18.7 Å². The van der Waals surface area contributed by atoms with Crippen LogP contribution in [0.2, 0.25) is 0 Å². The van der Waals surface area contributed by atoms with Gasteiger partial charge in [-0.3, -0.25) is 9.59 Å². The number of benzene rings is 1. The van der Waals surface area contributed by atoms with Gasteiger partial charge in [-0.25, -0.2) is 8.78 Å². The summed E-state index contributed by atoms with van der Waals surface area (Å²) in [5.74, 6) is -5.94. The van der Waals surface area contributed by atoms with Crippen LogP contribution < -0.4 is 0 Å². The second kappa shape index (κ2) is 5.67. The summed E-state index contributed by atoms with van der Waals surface area (Å²) in [5.41, 5.74) is -0.249. The maximum Gasteiger partial charge on any atom is 0.308 e. The van der Waals surface area contributed by atoms with E-state index in [0.717, 1.165) is 12.1 Å². The summed E-state index contributed by atoms with van der Waals surface area (Å²) in [4.78, 5) is 24.6. The molecule has 1 amide bonds. The lowest BCUT2D eigenvalue weighted by Crippen LogP contribution is -2.45. The molecular weight excluding hydrogens is 284 g/mol. The summed E-state index contributed by atoms with van der Waals surface area (Å²) < 4.78 is 26.6. The Labute approximate surface area is 119 Å². The average molecular weight is 299 g/mol. The zero-order valence-corrected chi connectivity index (χ0v) is 11.3. The van der Waals surface area contributed by atoms with E-state index >= 15 is 0 Å². The molecule has 21 heavy (non-hydrogen) atoms. The molecule has 0 radical (unpaired) electrons. The maximum absolute atomic E-state index is 13.3. The molecule has 0 saturated carbocycles. The first kappa shape index (κ1) is 15.2. The number of amides is 1. The van der Waals surface area contributed by atoms with Gasteiger partial charge < -0.3 is 15.1 Å². The number of carboxylic acid groups (broad SMARTS) is 1. The first-order valence-corrected chi connectivity index (χ1v) is 6.49. The van der Waals surface area contributed by atoms with Crippen molar-refractivity contribution in [2.75, 3.05) is 13.1 Å². The number of carbonyl (C=O) groups is 2. The van der Waals surface area contributed by atoms with E-state index in [0.29, 0.717) is 13.0 Å². The average Bonchev–Trinajstić information content (AvgIpc) is 2.42. The predicted molar refractivity (Wildman–Crippen MR) is 68.8 cm³/mol. The Morgan fingerprint density at radius 3 is 2.33 bits per heavy atom. The van der Waals surface area contributed by atoms with Crippen LogP contribution in [0.3, 0.4) is 0 Å². The second-order valence-electron chi connectivity index (χ2n) is 5.37. The van der Waals surface area contributed by atoms with Crippen molar-refractivity contribution < 1.29 is 28.6 Å². The molecule has 1 fully saturated rings. The summed E-state index contributed by atoms with van der Waals surface area (Å²) in [6.07, 6.45) is 0.456. The predicted octanol–water partition coefficient (Wildman–Crippen LogP) is 1.85. The minimum Gasteiger partial charge on any atom is -0.503 e. The molecule has 2 atom stereocenters. The lowest BCUT2D eigenvalue weighted by Gasteiger charge is -2.34. The molecule has 0 spiro atoms. The van der Waals surface area contributed by atoms with E-state index in [1.165, 1.54) is 4.90 Å². The van der Waals surface area contributed by atoms with Crippen LogP contribution in [0.1, 0.15) is 23.7 Å². The molecule has 2 N–H and O–H groups in total. The number of hydrogen-bond donors (Lipinski definition) is 2. The molecule has 1 aliphatic heterocycles.